The average Bonchev–Trinajstić information content (AvgIpc) is 2.77. The van der Waals surface area contributed by atoms with Gasteiger partial charge in [0.05, 0.1) is 13.2 Å². The quantitative estimate of drug-likeness (QED) is 0.881. The topological polar surface area (TPSA) is 21.3 Å². The van der Waals surface area contributed by atoms with Crippen LogP contribution in [0.15, 0.2) is 34.1 Å². The normalized spacial score (nSPS) is 12.4. The highest BCUT2D eigenvalue weighted by atomic mass is 79.9. The van der Waals surface area contributed by atoms with E-state index in [4.69, 9.17) is 16.3 Å². The Kier molecular flexibility index (Phi) is 4.67. The number of rotatable bonds is 4. The van der Waals surface area contributed by atoms with Crippen LogP contribution >= 0.6 is 38.9 Å². The number of benzene rings is 1. The predicted molar refractivity (Wildman–Crippen MR) is 80.9 cm³/mol. The molecule has 0 saturated carbocycles. The standard InChI is InChI=1S/C13H13BrClNOS/c1-16-12(13-10(14)5-6-18-13)9-7-8(15)3-4-11(9)17-2/h3-7,12,16H,1-2H3. The minimum absolute atomic E-state index is 0.0630. The zero-order chi connectivity index (χ0) is 13.1. The fourth-order valence-corrected chi connectivity index (χ4v) is 3.78. The Morgan fingerprint density at radius 1 is 1.39 bits per heavy atom. The Balaban J connectivity index is 2.51. The number of nitrogens with one attached hydrogen (secondary N) is 1. The lowest BCUT2D eigenvalue weighted by molar-refractivity contribution is 0.405. The van der Waals surface area contributed by atoms with Gasteiger partial charge in [-0.1, -0.05) is 11.6 Å². The van der Waals surface area contributed by atoms with Crippen molar-refractivity contribution in [3.05, 3.63) is 49.6 Å². The Morgan fingerprint density at radius 3 is 2.72 bits per heavy atom. The van der Waals surface area contributed by atoms with Crippen LogP contribution < -0.4 is 10.1 Å². The molecular formula is C13H13BrClNOS. The van der Waals surface area contributed by atoms with Crippen LogP contribution in [0, 0.1) is 0 Å². The van der Waals surface area contributed by atoms with Crippen LogP contribution in [0.1, 0.15) is 16.5 Å². The zero-order valence-electron chi connectivity index (χ0n) is 10.0. The maximum absolute atomic E-state index is 6.08. The molecule has 2 aromatic rings. The van der Waals surface area contributed by atoms with Gasteiger partial charge in [0.15, 0.2) is 0 Å². The SMILES string of the molecule is CNC(c1cc(Cl)ccc1OC)c1sccc1Br. The van der Waals surface area contributed by atoms with Gasteiger partial charge in [-0.25, -0.2) is 0 Å². The second-order valence-corrected chi connectivity index (χ2v) is 5.98. The van der Waals surface area contributed by atoms with E-state index in [-0.39, 0.29) is 6.04 Å². The Bertz CT molecular complexity index is 544. The Morgan fingerprint density at radius 2 is 2.17 bits per heavy atom. The van der Waals surface area contributed by atoms with Crippen LogP contribution in [0.5, 0.6) is 5.75 Å². The molecule has 0 aliphatic heterocycles. The summed E-state index contributed by atoms with van der Waals surface area (Å²) in [5.41, 5.74) is 1.04. The minimum Gasteiger partial charge on any atom is -0.496 e. The number of methoxy groups -OCH3 is 1. The molecule has 0 spiro atoms. The first-order chi connectivity index (χ1) is 8.67. The van der Waals surface area contributed by atoms with Crippen molar-refractivity contribution >= 4 is 38.9 Å². The molecule has 96 valence electrons. The summed E-state index contributed by atoms with van der Waals surface area (Å²) in [7, 11) is 3.60. The van der Waals surface area contributed by atoms with E-state index in [2.05, 4.69) is 26.6 Å². The van der Waals surface area contributed by atoms with E-state index >= 15 is 0 Å². The van der Waals surface area contributed by atoms with Gasteiger partial charge in [-0.15, -0.1) is 11.3 Å². The molecule has 2 nitrogen and oxygen atoms in total. The highest BCUT2D eigenvalue weighted by Crippen LogP contribution is 2.37. The molecule has 1 aromatic heterocycles. The molecule has 0 aliphatic rings. The van der Waals surface area contributed by atoms with Gasteiger partial charge in [0.1, 0.15) is 5.75 Å². The molecule has 0 saturated heterocycles. The third-order valence-corrected chi connectivity index (χ3v) is 4.87. The fourth-order valence-electron chi connectivity index (χ4n) is 1.87. The average molecular weight is 347 g/mol. The minimum atomic E-state index is 0.0630. The first-order valence-electron chi connectivity index (χ1n) is 5.41. The van der Waals surface area contributed by atoms with Crippen LogP contribution in [0.3, 0.4) is 0 Å². The predicted octanol–water partition coefficient (Wildman–Crippen LogP) is 4.48. The maximum Gasteiger partial charge on any atom is 0.124 e. The molecular weight excluding hydrogens is 334 g/mol. The molecule has 0 bridgehead atoms. The molecule has 0 fully saturated rings. The van der Waals surface area contributed by atoms with Crippen molar-refractivity contribution in [1.29, 1.82) is 0 Å². The molecule has 2 rings (SSSR count). The van der Waals surface area contributed by atoms with E-state index in [1.807, 2.05) is 31.3 Å². The van der Waals surface area contributed by atoms with E-state index < -0.39 is 0 Å². The molecule has 1 aromatic carbocycles. The van der Waals surface area contributed by atoms with Crippen LogP contribution in [-0.4, -0.2) is 14.2 Å². The number of hydrogen-bond acceptors (Lipinski definition) is 3. The monoisotopic (exact) mass is 345 g/mol. The molecule has 5 heteroatoms. The van der Waals surface area contributed by atoms with Crippen molar-refractivity contribution in [2.24, 2.45) is 0 Å². The maximum atomic E-state index is 6.08. The summed E-state index contributed by atoms with van der Waals surface area (Å²) >= 11 is 11.3. The third kappa shape index (κ3) is 2.72. The lowest BCUT2D eigenvalue weighted by Crippen LogP contribution is -2.17. The zero-order valence-corrected chi connectivity index (χ0v) is 13.2. The van der Waals surface area contributed by atoms with Gasteiger partial charge in [0, 0.05) is 19.9 Å². The largest absolute Gasteiger partial charge is 0.496 e. The second-order valence-electron chi connectivity index (χ2n) is 3.74. The number of ether oxygens (including phenoxy) is 1. The van der Waals surface area contributed by atoms with E-state index in [0.29, 0.717) is 5.02 Å². The summed E-state index contributed by atoms with van der Waals surface area (Å²) in [6.07, 6.45) is 0. The van der Waals surface area contributed by atoms with Gasteiger partial charge < -0.3 is 10.1 Å². The summed E-state index contributed by atoms with van der Waals surface area (Å²) in [5.74, 6) is 0.832. The van der Waals surface area contributed by atoms with Crippen LogP contribution in [0.2, 0.25) is 5.02 Å². The third-order valence-electron chi connectivity index (χ3n) is 2.70. The molecule has 1 atom stereocenters. The summed E-state index contributed by atoms with van der Waals surface area (Å²) < 4.78 is 6.50. The van der Waals surface area contributed by atoms with Crippen LogP contribution in [-0.2, 0) is 0 Å². The molecule has 0 aliphatic carbocycles. The van der Waals surface area contributed by atoms with Gasteiger partial charge in [0.25, 0.3) is 0 Å². The van der Waals surface area contributed by atoms with Gasteiger partial charge >= 0.3 is 0 Å². The Labute approximate surface area is 124 Å². The smallest absolute Gasteiger partial charge is 0.124 e. The molecule has 0 amide bonds. The first kappa shape index (κ1) is 13.9. The number of thiophene rings is 1. The van der Waals surface area contributed by atoms with Gasteiger partial charge in [0.2, 0.25) is 0 Å². The van der Waals surface area contributed by atoms with Crippen molar-refractivity contribution in [2.45, 2.75) is 6.04 Å². The summed E-state index contributed by atoms with van der Waals surface area (Å²) in [5, 5.41) is 6.07. The van der Waals surface area contributed by atoms with Gasteiger partial charge in [-0.2, -0.15) is 0 Å². The van der Waals surface area contributed by atoms with Crippen molar-refractivity contribution < 1.29 is 4.74 Å². The lowest BCUT2D eigenvalue weighted by atomic mass is 10.0. The van der Waals surface area contributed by atoms with Crippen molar-refractivity contribution in [3.63, 3.8) is 0 Å². The summed E-state index contributed by atoms with van der Waals surface area (Å²) in [6, 6.07) is 7.77. The molecule has 18 heavy (non-hydrogen) atoms. The van der Waals surface area contributed by atoms with E-state index in [1.165, 1.54) is 4.88 Å². The molecule has 1 N–H and O–H groups in total. The van der Waals surface area contributed by atoms with Gasteiger partial charge in [-0.05, 0) is 52.6 Å². The second kappa shape index (κ2) is 6.06. The lowest BCUT2D eigenvalue weighted by Gasteiger charge is -2.19. The molecule has 1 heterocycles. The van der Waals surface area contributed by atoms with Crippen molar-refractivity contribution in [3.8, 4) is 5.75 Å². The summed E-state index contributed by atoms with van der Waals surface area (Å²) in [6.45, 7) is 0. The van der Waals surface area contributed by atoms with Crippen LogP contribution in [0.25, 0.3) is 0 Å². The Hall–Kier alpha value is -0.550. The van der Waals surface area contributed by atoms with Gasteiger partial charge in [-0.3, -0.25) is 0 Å². The van der Waals surface area contributed by atoms with E-state index in [1.54, 1.807) is 18.4 Å². The highest BCUT2D eigenvalue weighted by molar-refractivity contribution is 9.10. The van der Waals surface area contributed by atoms with E-state index in [9.17, 15) is 0 Å². The molecule has 0 radical (unpaired) electrons. The highest BCUT2D eigenvalue weighted by Gasteiger charge is 2.20. The van der Waals surface area contributed by atoms with E-state index in [0.717, 1.165) is 15.8 Å². The molecule has 1 unspecified atom stereocenters. The first-order valence-corrected chi connectivity index (χ1v) is 7.46. The summed E-state index contributed by atoms with van der Waals surface area (Å²) in [4.78, 5) is 1.21. The van der Waals surface area contributed by atoms with Crippen molar-refractivity contribution in [1.82, 2.24) is 5.32 Å². The number of hydrogen-bond donors (Lipinski definition) is 1. The van der Waals surface area contributed by atoms with Crippen LogP contribution in [0.4, 0.5) is 0 Å². The fraction of sp³-hybridized carbons (Fsp3) is 0.231. The number of halogens is 2. The van der Waals surface area contributed by atoms with Crippen molar-refractivity contribution in [2.75, 3.05) is 14.2 Å².